The molecule has 1 atom stereocenters. The summed E-state index contributed by atoms with van der Waals surface area (Å²) in [7, 11) is 1.51. The smallest absolute Gasteiger partial charge is 0.430 e. The number of carbonyl (C=O) groups is 2. The number of alkyl halides is 3. The molecule has 2 aliphatic rings. The SMILES string of the molecule is C1CCNC1.CO[NH3+].NOCOC(=O)C1=Cc2cc(Br)cc(C(O)(O)O)c2OC1C(F)(F)F.O=CO. The number of carboxylic acid groups (broad SMARTS) is 1. The van der Waals surface area contributed by atoms with Gasteiger partial charge in [0.1, 0.15) is 5.75 Å². The number of carbonyl (C=O) groups excluding carboxylic acids is 1. The Bertz CT molecular complexity index is 855. The molecule has 0 bridgehead atoms. The van der Waals surface area contributed by atoms with Crippen LogP contribution in [0.4, 0.5) is 13.2 Å². The monoisotopic (exact) mass is 594 g/mol. The normalized spacial score (nSPS) is 16.3. The minimum Gasteiger partial charge on any atom is -0.483 e. The first-order chi connectivity index (χ1) is 16.8. The van der Waals surface area contributed by atoms with Crippen LogP contribution in [0.3, 0.4) is 0 Å². The summed E-state index contributed by atoms with van der Waals surface area (Å²) in [5.74, 6) is 2.11. The van der Waals surface area contributed by atoms with Crippen molar-refractivity contribution in [2.24, 2.45) is 5.90 Å². The Balaban J connectivity index is 0.000000926. The van der Waals surface area contributed by atoms with Crippen molar-refractivity contribution in [3.05, 3.63) is 33.3 Å². The predicted octanol–water partition coefficient (Wildman–Crippen LogP) is -0.506. The van der Waals surface area contributed by atoms with E-state index < -0.39 is 47.9 Å². The molecule has 13 nitrogen and oxygen atoms in total. The molecule has 2 heterocycles. The molecule has 0 amide bonds. The zero-order valence-corrected chi connectivity index (χ0v) is 20.5. The zero-order valence-electron chi connectivity index (χ0n) is 19.0. The van der Waals surface area contributed by atoms with Gasteiger partial charge in [0.15, 0.2) is 0 Å². The Morgan fingerprint density at radius 2 is 1.83 bits per heavy atom. The topological polar surface area (TPSA) is 218 Å². The van der Waals surface area contributed by atoms with Crippen LogP contribution in [0.25, 0.3) is 6.08 Å². The first-order valence-corrected chi connectivity index (χ1v) is 10.6. The largest absolute Gasteiger partial charge is 0.483 e. The molecule has 2 aliphatic heterocycles. The van der Waals surface area contributed by atoms with Gasteiger partial charge in [-0.15, -0.1) is 0 Å². The third kappa shape index (κ3) is 11.6. The molecular formula is C19H28BrF3N3O10+. The van der Waals surface area contributed by atoms with Gasteiger partial charge in [0, 0.05) is 10.0 Å². The van der Waals surface area contributed by atoms with E-state index in [4.69, 9.17) is 14.6 Å². The van der Waals surface area contributed by atoms with Gasteiger partial charge in [0.25, 0.3) is 6.47 Å². The van der Waals surface area contributed by atoms with Gasteiger partial charge in [-0.05, 0) is 44.1 Å². The average molecular weight is 595 g/mol. The molecule has 0 saturated carbocycles. The van der Waals surface area contributed by atoms with E-state index in [0.717, 1.165) is 12.1 Å². The van der Waals surface area contributed by atoms with Crippen LogP contribution in [0, 0.1) is 0 Å². The maximum atomic E-state index is 13.2. The van der Waals surface area contributed by atoms with Gasteiger partial charge in [0.05, 0.1) is 18.2 Å². The second kappa shape index (κ2) is 16.4. The number of hydrogen-bond donors (Lipinski definition) is 7. The summed E-state index contributed by atoms with van der Waals surface area (Å²) in [6, 6.07) is 2.19. The molecule has 0 radical (unpaired) electrons. The third-order valence-corrected chi connectivity index (χ3v) is 4.48. The van der Waals surface area contributed by atoms with Crippen LogP contribution >= 0.6 is 15.9 Å². The Morgan fingerprint density at radius 3 is 2.22 bits per heavy atom. The van der Waals surface area contributed by atoms with Crippen molar-refractivity contribution in [2.45, 2.75) is 31.1 Å². The summed E-state index contributed by atoms with van der Waals surface area (Å²) < 4.78 is 49.1. The Labute approximate surface area is 211 Å². The molecular weight excluding hydrogens is 567 g/mol. The molecule has 0 spiro atoms. The maximum Gasteiger partial charge on any atom is 0.430 e. The van der Waals surface area contributed by atoms with E-state index in [1.165, 1.54) is 39.1 Å². The fraction of sp³-hybridized carbons (Fsp3) is 0.474. The number of fused-ring (bicyclic) bond motifs is 1. The van der Waals surface area contributed by atoms with E-state index in [1.807, 2.05) is 0 Å². The highest BCUT2D eigenvalue weighted by atomic mass is 79.9. The second-order valence-corrected chi connectivity index (χ2v) is 7.63. The molecule has 10 N–H and O–H groups in total. The van der Waals surface area contributed by atoms with E-state index in [0.29, 0.717) is 0 Å². The molecule has 1 fully saturated rings. The number of esters is 1. The van der Waals surface area contributed by atoms with Crippen LogP contribution in [-0.2, 0) is 30.0 Å². The number of nitrogens with two attached hydrogens (primary N) is 1. The summed E-state index contributed by atoms with van der Waals surface area (Å²) in [5.41, 5.74) is -1.80. The van der Waals surface area contributed by atoms with Gasteiger partial charge < -0.3 is 35.2 Å². The first-order valence-electron chi connectivity index (χ1n) is 9.80. The lowest BCUT2D eigenvalue weighted by atomic mass is 9.98. The quantitative estimate of drug-likeness (QED) is 0.101. The summed E-state index contributed by atoms with van der Waals surface area (Å²) in [6.45, 7) is 1.46. The standard InChI is InChI=1S/C13H11BrF3NO7.C4H9N.CH6NO.CH2O2/c14-6-1-5-2-7(11(19)23-4-24-18)10(12(15,16)17)25-9(5)8(3-6)13(20,21)22;1-2-4-5-3-1;1-3-2;2-1-3/h1-3,10,20-22H,4,18H2;5H,1-4H2;1-2H3;1H,(H,2,3)/q;;+1;. The molecule has 0 aromatic heterocycles. The summed E-state index contributed by atoms with van der Waals surface area (Å²) in [6.07, 6.45) is -4.25. The lowest BCUT2D eigenvalue weighted by Gasteiger charge is -2.30. The van der Waals surface area contributed by atoms with E-state index in [2.05, 4.69) is 47.5 Å². The minimum atomic E-state index is -5.04. The maximum absolute atomic E-state index is 13.2. The number of benzene rings is 1. The molecule has 1 unspecified atom stereocenters. The number of nitrogens with one attached hydrogen (secondary N) is 1. The van der Waals surface area contributed by atoms with Crippen LogP contribution in [0.5, 0.6) is 5.75 Å². The fourth-order valence-corrected chi connectivity index (χ4v) is 3.21. The highest BCUT2D eigenvalue weighted by Crippen LogP contribution is 2.42. The molecule has 17 heteroatoms. The van der Waals surface area contributed by atoms with Crippen LogP contribution in [0.2, 0.25) is 0 Å². The number of rotatable bonds is 4. The Kier molecular flexibility index (Phi) is 15.3. The molecule has 206 valence electrons. The number of ether oxygens (including phenoxy) is 2. The van der Waals surface area contributed by atoms with Crippen LogP contribution in [0.15, 0.2) is 22.2 Å². The first kappa shape index (κ1) is 33.7. The van der Waals surface area contributed by atoms with Gasteiger partial charge in [-0.3, -0.25) is 9.63 Å². The van der Waals surface area contributed by atoms with Gasteiger partial charge in [-0.1, -0.05) is 15.9 Å². The average Bonchev–Trinajstić information content (AvgIpc) is 3.36. The number of hydrogen-bond acceptors (Lipinski definition) is 11. The van der Waals surface area contributed by atoms with Crippen LogP contribution < -0.4 is 21.8 Å². The fourth-order valence-electron chi connectivity index (χ4n) is 2.73. The Hall–Kier alpha value is -2.35. The summed E-state index contributed by atoms with van der Waals surface area (Å²) >= 11 is 2.99. The van der Waals surface area contributed by atoms with Crippen LogP contribution in [0.1, 0.15) is 24.0 Å². The molecule has 1 aromatic carbocycles. The molecule has 1 aromatic rings. The third-order valence-electron chi connectivity index (χ3n) is 4.02. The van der Waals surface area contributed by atoms with Gasteiger partial charge in [-0.25, -0.2) is 21.4 Å². The Morgan fingerprint density at radius 1 is 1.31 bits per heavy atom. The minimum absolute atomic E-state index is 0.132. The molecule has 1 saturated heterocycles. The lowest BCUT2D eigenvalue weighted by molar-refractivity contribution is -0.679. The lowest BCUT2D eigenvalue weighted by Crippen LogP contribution is -2.46. The van der Waals surface area contributed by atoms with E-state index >= 15 is 0 Å². The number of quaternary nitrogens is 1. The highest BCUT2D eigenvalue weighted by molar-refractivity contribution is 9.10. The van der Waals surface area contributed by atoms with Gasteiger partial charge in [-0.2, -0.15) is 13.2 Å². The highest BCUT2D eigenvalue weighted by Gasteiger charge is 2.50. The van der Waals surface area contributed by atoms with Crippen molar-refractivity contribution in [2.75, 3.05) is 27.0 Å². The second-order valence-electron chi connectivity index (χ2n) is 6.71. The van der Waals surface area contributed by atoms with Crippen molar-refractivity contribution in [3.8, 4) is 5.75 Å². The molecule has 36 heavy (non-hydrogen) atoms. The number of aliphatic hydroxyl groups is 3. The van der Waals surface area contributed by atoms with E-state index in [9.17, 15) is 33.3 Å². The van der Waals surface area contributed by atoms with Crippen molar-refractivity contribution in [3.63, 3.8) is 0 Å². The van der Waals surface area contributed by atoms with E-state index in [1.54, 1.807) is 0 Å². The molecule has 0 aliphatic carbocycles. The van der Waals surface area contributed by atoms with Crippen molar-refractivity contribution < 1.29 is 68.2 Å². The van der Waals surface area contributed by atoms with Crippen molar-refractivity contribution in [1.29, 1.82) is 0 Å². The van der Waals surface area contributed by atoms with Gasteiger partial charge >= 0.3 is 18.1 Å². The predicted molar refractivity (Wildman–Crippen MR) is 118 cm³/mol. The van der Waals surface area contributed by atoms with Crippen molar-refractivity contribution >= 4 is 34.4 Å². The zero-order chi connectivity index (χ0) is 27.9. The molecule has 3 rings (SSSR count). The van der Waals surface area contributed by atoms with Crippen molar-refractivity contribution in [1.82, 2.24) is 5.32 Å². The summed E-state index contributed by atoms with van der Waals surface area (Å²) in [5, 5.41) is 38.1. The van der Waals surface area contributed by atoms with Gasteiger partial charge in [0.2, 0.25) is 12.9 Å². The summed E-state index contributed by atoms with van der Waals surface area (Å²) in [4.78, 5) is 28.2. The van der Waals surface area contributed by atoms with Crippen LogP contribution in [-0.4, -0.2) is 72.1 Å². The van der Waals surface area contributed by atoms with E-state index in [-0.39, 0.29) is 16.5 Å². The number of halogens is 4.